The first-order valence-electron chi connectivity index (χ1n) is 7.38. The van der Waals surface area contributed by atoms with Crippen molar-refractivity contribution in [1.29, 1.82) is 0 Å². The van der Waals surface area contributed by atoms with Crippen LogP contribution in [0.3, 0.4) is 0 Å². The molecular weight excluding hydrogens is 266 g/mol. The Kier molecular flexibility index (Phi) is 5.09. The number of aliphatic imine (C=N–C) groups is 1. The van der Waals surface area contributed by atoms with Crippen molar-refractivity contribution in [2.45, 2.75) is 20.3 Å². The summed E-state index contributed by atoms with van der Waals surface area (Å²) in [6.45, 7) is 6.91. The van der Waals surface area contributed by atoms with E-state index in [2.05, 4.69) is 16.8 Å². The van der Waals surface area contributed by atoms with E-state index < -0.39 is 0 Å². The minimum atomic E-state index is -0.180. The summed E-state index contributed by atoms with van der Waals surface area (Å²) in [6.07, 6.45) is 2.58. The van der Waals surface area contributed by atoms with Crippen LogP contribution in [0.25, 0.3) is 0 Å². The topological polar surface area (TPSA) is 53.0 Å². The number of nitrogens with zero attached hydrogens (tertiary/aromatic N) is 3. The molecule has 5 nitrogen and oxygen atoms in total. The zero-order valence-corrected chi connectivity index (χ0v) is 12.6. The van der Waals surface area contributed by atoms with Crippen molar-refractivity contribution in [3.63, 3.8) is 0 Å². The number of carbonyl (C=O) groups is 2. The second-order valence-electron chi connectivity index (χ2n) is 4.90. The standard InChI is InChI=1S/C16H21N3O2/c1-3-17-12-18(4-2)10-7-11-19-15(20)13-8-5-6-9-14(13)16(19)21/h5-6,8-9,12H,3-4,7,10-11H2,1-2H3. The smallest absolute Gasteiger partial charge is 0.261 e. The molecule has 0 N–H and O–H groups in total. The van der Waals surface area contributed by atoms with Crippen molar-refractivity contribution < 1.29 is 9.59 Å². The number of carbonyl (C=O) groups excluding carboxylic acids is 2. The van der Waals surface area contributed by atoms with Gasteiger partial charge in [0.2, 0.25) is 0 Å². The van der Waals surface area contributed by atoms with E-state index in [1.165, 1.54) is 4.90 Å². The molecule has 0 unspecified atom stereocenters. The molecule has 112 valence electrons. The van der Waals surface area contributed by atoms with Gasteiger partial charge in [-0.15, -0.1) is 0 Å². The van der Waals surface area contributed by atoms with Crippen LogP contribution in [0, 0.1) is 0 Å². The van der Waals surface area contributed by atoms with E-state index in [4.69, 9.17) is 0 Å². The van der Waals surface area contributed by atoms with Gasteiger partial charge in [-0.05, 0) is 32.4 Å². The van der Waals surface area contributed by atoms with Crippen molar-refractivity contribution in [2.75, 3.05) is 26.2 Å². The summed E-state index contributed by atoms with van der Waals surface area (Å²) < 4.78 is 0. The monoisotopic (exact) mass is 287 g/mol. The Hall–Kier alpha value is -2.17. The lowest BCUT2D eigenvalue weighted by Gasteiger charge is -2.19. The second-order valence-corrected chi connectivity index (χ2v) is 4.90. The molecule has 0 radical (unpaired) electrons. The van der Waals surface area contributed by atoms with Crippen molar-refractivity contribution in [3.8, 4) is 0 Å². The van der Waals surface area contributed by atoms with E-state index in [9.17, 15) is 9.59 Å². The number of benzene rings is 1. The van der Waals surface area contributed by atoms with Crippen LogP contribution in [0.5, 0.6) is 0 Å². The van der Waals surface area contributed by atoms with E-state index in [1.807, 2.05) is 13.3 Å². The summed E-state index contributed by atoms with van der Waals surface area (Å²) in [6, 6.07) is 6.99. The second kappa shape index (κ2) is 7.02. The highest BCUT2D eigenvalue weighted by atomic mass is 16.2. The fraction of sp³-hybridized carbons (Fsp3) is 0.438. The summed E-state index contributed by atoms with van der Waals surface area (Å²) in [5, 5.41) is 0. The minimum absolute atomic E-state index is 0.180. The SMILES string of the molecule is CCN=CN(CC)CCCN1C(=O)c2ccccc2C1=O. The van der Waals surface area contributed by atoms with E-state index in [1.54, 1.807) is 24.3 Å². The Morgan fingerprint density at radius 3 is 2.29 bits per heavy atom. The zero-order chi connectivity index (χ0) is 15.2. The first kappa shape index (κ1) is 15.2. The summed E-state index contributed by atoms with van der Waals surface area (Å²) in [7, 11) is 0. The molecular formula is C16H21N3O2. The lowest BCUT2D eigenvalue weighted by Crippen LogP contribution is -2.33. The van der Waals surface area contributed by atoms with Crippen LogP contribution in [0.15, 0.2) is 29.3 Å². The zero-order valence-electron chi connectivity index (χ0n) is 12.6. The lowest BCUT2D eigenvalue weighted by molar-refractivity contribution is 0.0650. The molecule has 0 saturated carbocycles. The van der Waals surface area contributed by atoms with Gasteiger partial charge in [-0.25, -0.2) is 0 Å². The van der Waals surface area contributed by atoms with Gasteiger partial charge in [0.15, 0.2) is 0 Å². The third-order valence-corrected chi connectivity index (χ3v) is 3.54. The molecule has 1 aromatic rings. The molecule has 0 aromatic heterocycles. The number of hydrogen-bond donors (Lipinski definition) is 0. The number of hydrogen-bond acceptors (Lipinski definition) is 3. The van der Waals surface area contributed by atoms with Gasteiger partial charge in [0.05, 0.1) is 17.5 Å². The summed E-state index contributed by atoms with van der Waals surface area (Å²) in [4.78, 5) is 32.0. The van der Waals surface area contributed by atoms with Crippen LogP contribution in [-0.4, -0.2) is 54.1 Å². The van der Waals surface area contributed by atoms with Crippen LogP contribution in [-0.2, 0) is 0 Å². The Morgan fingerprint density at radius 1 is 1.14 bits per heavy atom. The molecule has 1 aromatic carbocycles. The van der Waals surface area contributed by atoms with Crippen molar-refractivity contribution in [2.24, 2.45) is 4.99 Å². The number of rotatable bonds is 7. The van der Waals surface area contributed by atoms with Crippen LogP contribution < -0.4 is 0 Å². The third-order valence-electron chi connectivity index (χ3n) is 3.54. The summed E-state index contributed by atoms with van der Waals surface area (Å²) in [5.41, 5.74) is 1.03. The largest absolute Gasteiger partial charge is 0.363 e. The molecule has 0 spiro atoms. The van der Waals surface area contributed by atoms with E-state index in [0.29, 0.717) is 17.7 Å². The van der Waals surface area contributed by atoms with Gasteiger partial charge in [0.25, 0.3) is 11.8 Å². The lowest BCUT2D eigenvalue weighted by atomic mass is 10.1. The third kappa shape index (κ3) is 3.29. The van der Waals surface area contributed by atoms with Crippen LogP contribution in [0.1, 0.15) is 41.0 Å². The maximum atomic E-state index is 12.2. The van der Waals surface area contributed by atoms with Gasteiger partial charge < -0.3 is 4.90 Å². The highest BCUT2D eigenvalue weighted by Crippen LogP contribution is 2.22. The first-order chi connectivity index (χ1) is 10.2. The minimum Gasteiger partial charge on any atom is -0.363 e. The Balaban J connectivity index is 1.92. The van der Waals surface area contributed by atoms with Gasteiger partial charge in [0.1, 0.15) is 0 Å². The van der Waals surface area contributed by atoms with Crippen LogP contribution in [0.4, 0.5) is 0 Å². The van der Waals surface area contributed by atoms with Gasteiger partial charge >= 0.3 is 0 Å². The molecule has 0 bridgehead atoms. The van der Waals surface area contributed by atoms with Gasteiger partial charge in [-0.3, -0.25) is 19.5 Å². The molecule has 2 rings (SSSR count). The Morgan fingerprint density at radius 2 is 1.76 bits per heavy atom. The first-order valence-corrected chi connectivity index (χ1v) is 7.38. The van der Waals surface area contributed by atoms with E-state index >= 15 is 0 Å². The molecule has 0 atom stereocenters. The van der Waals surface area contributed by atoms with Gasteiger partial charge in [0, 0.05) is 26.2 Å². The number of amides is 2. The summed E-state index contributed by atoms with van der Waals surface area (Å²) >= 11 is 0. The molecule has 1 heterocycles. The maximum Gasteiger partial charge on any atom is 0.261 e. The van der Waals surface area contributed by atoms with Crippen LogP contribution in [0.2, 0.25) is 0 Å². The molecule has 0 saturated heterocycles. The normalized spacial score (nSPS) is 14.1. The quantitative estimate of drug-likeness (QED) is 0.438. The van der Waals surface area contributed by atoms with E-state index in [-0.39, 0.29) is 11.8 Å². The van der Waals surface area contributed by atoms with Crippen molar-refractivity contribution in [3.05, 3.63) is 35.4 Å². The predicted octanol–water partition coefficient (Wildman–Crippen LogP) is 2.04. The molecule has 21 heavy (non-hydrogen) atoms. The van der Waals surface area contributed by atoms with E-state index in [0.717, 1.165) is 26.1 Å². The highest BCUT2D eigenvalue weighted by molar-refractivity contribution is 6.21. The average molecular weight is 287 g/mol. The molecule has 1 aliphatic rings. The van der Waals surface area contributed by atoms with Crippen molar-refractivity contribution >= 4 is 18.2 Å². The van der Waals surface area contributed by atoms with Gasteiger partial charge in [-0.1, -0.05) is 12.1 Å². The number of imide groups is 1. The highest BCUT2D eigenvalue weighted by Gasteiger charge is 2.34. The Bertz CT molecular complexity index is 519. The summed E-state index contributed by atoms with van der Waals surface area (Å²) in [5.74, 6) is -0.359. The maximum absolute atomic E-state index is 12.2. The van der Waals surface area contributed by atoms with Gasteiger partial charge in [-0.2, -0.15) is 0 Å². The van der Waals surface area contributed by atoms with Crippen LogP contribution >= 0.6 is 0 Å². The Labute approximate surface area is 125 Å². The molecule has 1 aliphatic heterocycles. The van der Waals surface area contributed by atoms with Crippen molar-refractivity contribution in [1.82, 2.24) is 9.80 Å². The molecule has 2 amide bonds. The number of fused-ring (bicyclic) bond motifs is 1. The predicted molar refractivity (Wildman–Crippen MR) is 82.7 cm³/mol. The molecule has 0 aliphatic carbocycles. The fourth-order valence-electron chi connectivity index (χ4n) is 2.37. The molecule has 5 heteroatoms. The average Bonchev–Trinajstić information content (AvgIpc) is 2.76. The fourth-order valence-corrected chi connectivity index (χ4v) is 2.37. The molecule has 0 fully saturated rings.